The summed E-state index contributed by atoms with van der Waals surface area (Å²) in [7, 11) is 0. The molecule has 0 saturated carbocycles. The van der Waals surface area contributed by atoms with Gasteiger partial charge in [-0.3, -0.25) is 4.99 Å². The molecule has 1 aliphatic heterocycles. The number of benzene rings is 2. The fraction of sp³-hybridized carbons (Fsp3) is 0.217. The molecule has 1 aromatic heterocycles. The monoisotopic (exact) mass is 415 g/mol. The largest absolute Gasteiger partial charge is 0.353 e. The van der Waals surface area contributed by atoms with Crippen LogP contribution >= 0.6 is 0 Å². The number of urea groups is 1. The standard InChI is InChI=1S/C23H25N7O/c1-2-24-19-10-6-7-11-20(19)27-22-25-13-12-21(28-22)29-14-16-30(17-15-29)23(31)26-18-8-4-3-5-9-18/h2-13H,14-17H2,1H3,(H,26,31)(H,25,27,28). The molecule has 4 rings (SSSR count). The lowest BCUT2D eigenvalue weighted by Gasteiger charge is -2.35. The van der Waals surface area contributed by atoms with Gasteiger partial charge in [-0.05, 0) is 37.3 Å². The van der Waals surface area contributed by atoms with Gasteiger partial charge in [-0.1, -0.05) is 30.3 Å². The molecular weight excluding hydrogens is 390 g/mol. The van der Waals surface area contributed by atoms with E-state index in [1.165, 1.54) is 0 Å². The Kier molecular flexibility index (Phi) is 6.37. The third-order valence-electron chi connectivity index (χ3n) is 4.98. The number of para-hydroxylation sites is 3. The Hall–Kier alpha value is -3.94. The van der Waals surface area contributed by atoms with Gasteiger partial charge in [-0.15, -0.1) is 0 Å². The highest BCUT2D eigenvalue weighted by atomic mass is 16.2. The van der Waals surface area contributed by atoms with E-state index >= 15 is 0 Å². The van der Waals surface area contributed by atoms with E-state index in [4.69, 9.17) is 0 Å². The molecule has 158 valence electrons. The maximum Gasteiger partial charge on any atom is 0.321 e. The van der Waals surface area contributed by atoms with Crippen LogP contribution in [0.3, 0.4) is 0 Å². The molecule has 0 bridgehead atoms. The smallest absolute Gasteiger partial charge is 0.321 e. The molecule has 2 aromatic carbocycles. The zero-order valence-corrected chi connectivity index (χ0v) is 17.4. The summed E-state index contributed by atoms with van der Waals surface area (Å²) in [4.78, 5) is 29.9. The van der Waals surface area contributed by atoms with Crippen molar-refractivity contribution in [2.24, 2.45) is 4.99 Å². The van der Waals surface area contributed by atoms with Gasteiger partial charge in [0.2, 0.25) is 5.95 Å². The summed E-state index contributed by atoms with van der Waals surface area (Å²) in [6, 6.07) is 19.1. The predicted molar refractivity (Wildman–Crippen MR) is 125 cm³/mol. The van der Waals surface area contributed by atoms with Crippen molar-refractivity contribution in [3.05, 3.63) is 66.9 Å². The van der Waals surface area contributed by atoms with E-state index in [0.717, 1.165) is 22.9 Å². The first kappa shape index (κ1) is 20.3. The van der Waals surface area contributed by atoms with E-state index in [2.05, 4.69) is 30.5 Å². The minimum absolute atomic E-state index is 0.0796. The van der Waals surface area contributed by atoms with Crippen LogP contribution in [0.1, 0.15) is 6.92 Å². The first-order valence-electron chi connectivity index (χ1n) is 10.3. The Labute approximate surface area is 181 Å². The van der Waals surface area contributed by atoms with Crippen LogP contribution in [-0.4, -0.2) is 53.3 Å². The number of anilines is 4. The SMILES string of the molecule is CC=Nc1ccccc1Nc1nccc(N2CCN(C(=O)Nc3ccccc3)CC2)n1. The second kappa shape index (κ2) is 9.71. The summed E-state index contributed by atoms with van der Waals surface area (Å²) in [6.07, 6.45) is 3.50. The molecule has 8 heteroatoms. The molecule has 0 atom stereocenters. The van der Waals surface area contributed by atoms with Crippen LogP contribution in [0.4, 0.5) is 33.6 Å². The number of aliphatic imine (C=N–C) groups is 1. The molecule has 0 unspecified atom stereocenters. The summed E-state index contributed by atoms with van der Waals surface area (Å²) in [5.74, 6) is 1.34. The molecular formula is C23H25N7O. The molecule has 3 aromatic rings. The third-order valence-corrected chi connectivity index (χ3v) is 4.98. The van der Waals surface area contributed by atoms with E-state index in [1.54, 1.807) is 12.4 Å². The van der Waals surface area contributed by atoms with Crippen molar-refractivity contribution in [1.82, 2.24) is 14.9 Å². The summed E-state index contributed by atoms with van der Waals surface area (Å²) in [5.41, 5.74) is 2.48. The van der Waals surface area contributed by atoms with Gasteiger partial charge >= 0.3 is 6.03 Å². The van der Waals surface area contributed by atoms with Gasteiger partial charge in [0, 0.05) is 44.3 Å². The number of piperazine rings is 1. The van der Waals surface area contributed by atoms with E-state index in [9.17, 15) is 4.79 Å². The molecule has 1 fully saturated rings. The number of nitrogens with one attached hydrogen (secondary N) is 2. The quantitative estimate of drug-likeness (QED) is 0.607. The molecule has 31 heavy (non-hydrogen) atoms. The van der Waals surface area contributed by atoms with Crippen LogP contribution in [0.15, 0.2) is 71.9 Å². The summed E-state index contributed by atoms with van der Waals surface area (Å²) >= 11 is 0. The minimum Gasteiger partial charge on any atom is -0.353 e. The number of rotatable bonds is 5. The van der Waals surface area contributed by atoms with Gasteiger partial charge in [0.25, 0.3) is 0 Å². The fourth-order valence-electron chi connectivity index (χ4n) is 3.40. The summed E-state index contributed by atoms with van der Waals surface area (Å²) in [6.45, 7) is 4.54. The minimum atomic E-state index is -0.0796. The number of aromatic nitrogens is 2. The van der Waals surface area contributed by atoms with Gasteiger partial charge in [0.05, 0.1) is 11.4 Å². The molecule has 2 heterocycles. The number of carbonyl (C=O) groups is 1. The van der Waals surface area contributed by atoms with Gasteiger partial charge in [-0.25, -0.2) is 9.78 Å². The maximum absolute atomic E-state index is 12.5. The van der Waals surface area contributed by atoms with Crippen LogP contribution < -0.4 is 15.5 Å². The highest BCUT2D eigenvalue weighted by Gasteiger charge is 2.22. The highest BCUT2D eigenvalue weighted by molar-refractivity contribution is 5.89. The van der Waals surface area contributed by atoms with E-state index in [1.807, 2.05) is 72.5 Å². The number of carbonyl (C=O) groups excluding carboxylic acids is 1. The predicted octanol–water partition coefficient (Wildman–Crippen LogP) is 4.30. The second-order valence-electron chi connectivity index (χ2n) is 7.04. The number of hydrogen-bond donors (Lipinski definition) is 2. The molecule has 0 spiro atoms. The van der Waals surface area contributed by atoms with Gasteiger partial charge in [0.1, 0.15) is 5.82 Å². The zero-order valence-electron chi connectivity index (χ0n) is 17.4. The van der Waals surface area contributed by atoms with Gasteiger partial charge < -0.3 is 20.4 Å². The average molecular weight is 416 g/mol. The zero-order chi connectivity index (χ0) is 21.5. The fourth-order valence-corrected chi connectivity index (χ4v) is 3.40. The second-order valence-corrected chi connectivity index (χ2v) is 7.04. The average Bonchev–Trinajstić information content (AvgIpc) is 2.81. The van der Waals surface area contributed by atoms with Crippen molar-refractivity contribution < 1.29 is 4.79 Å². The lowest BCUT2D eigenvalue weighted by atomic mass is 10.2. The van der Waals surface area contributed by atoms with Crippen LogP contribution in [0, 0.1) is 0 Å². The number of amides is 2. The van der Waals surface area contributed by atoms with E-state index in [-0.39, 0.29) is 6.03 Å². The van der Waals surface area contributed by atoms with Crippen molar-refractivity contribution in [1.29, 1.82) is 0 Å². The summed E-state index contributed by atoms with van der Waals surface area (Å²) in [5, 5.41) is 6.19. The normalized spacial score (nSPS) is 14.0. The first-order chi connectivity index (χ1) is 15.2. The Morgan fingerprint density at radius 2 is 1.74 bits per heavy atom. The first-order valence-corrected chi connectivity index (χ1v) is 10.3. The number of nitrogens with zero attached hydrogens (tertiary/aromatic N) is 5. The molecule has 2 amide bonds. The van der Waals surface area contributed by atoms with Crippen LogP contribution in [0.25, 0.3) is 0 Å². The molecule has 0 aliphatic carbocycles. The lowest BCUT2D eigenvalue weighted by Crippen LogP contribution is -2.50. The molecule has 0 radical (unpaired) electrons. The van der Waals surface area contributed by atoms with Crippen molar-refractivity contribution in [3.63, 3.8) is 0 Å². The van der Waals surface area contributed by atoms with Crippen molar-refractivity contribution in [2.45, 2.75) is 6.92 Å². The van der Waals surface area contributed by atoms with E-state index in [0.29, 0.717) is 32.1 Å². The Balaban J connectivity index is 1.38. The third kappa shape index (κ3) is 5.16. The highest BCUT2D eigenvalue weighted by Crippen LogP contribution is 2.27. The molecule has 8 nitrogen and oxygen atoms in total. The Morgan fingerprint density at radius 1 is 1.00 bits per heavy atom. The summed E-state index contributed by atoms with van der Waals surface area (Å²) < 4.78 is 0. The Bertz CT molecular complexity index is 1050. The molecule has 2 N–H and O–H groups in total. The number of hydrogen-bond acceptors (Lipinski definition) is 6. The molecule has 1 aliphatic rings. The van der Waals surface area contributed by atoms with Crippen molar-refractivity contribution in [3.8, 4) is 0 Å². The Morgan fingerprint density at radius 3 is 2.52 bits per heavy atom. The van der Waals surface area contributed by atoms with Crippen LogP contribution in [0.2, 0.25) is 0 Å². The van der Waals surface area contributed by atoms with Crippen LogP contribution in [-0.2, 0) is 0 Å². The van der Waals surface area contributed by atoms with Crippen LogP contribution in [0.5, 0.6) is 0 Å². The van der Waals surface area contributed by atoms with Crippen molar-refractivity contribution in [2.75, 3.05) is 41.7 Å². The van der Waals surface area contributed by atoms with Gasteiger partial charge in [-0.2, -0.15) is 4.98 Å². The molecule has 1 saturated heterocycles. The van der Waals surface area contributed by atoms with Gasteiger partial charge in [0.15, 0.2) is 0 Å². The van der Waals surface area contributed by atoms with E-state index < -0.39 is 0 Å². The maximum atomic E-state index is 12.5. The van der Waals surface area contributed by atoms with Crippen molar-refractivity contribution >= 4 is 41.1 Å². The lowest BCUT2D eigenvalue weighted by molar-refractivity contribution is 0.208. The topological polar surface area (TPSA) is 85.8 Å².